The molecule has 36 heavy (non-hydrogen) atoms. The Hall–Kier alpha value is -3.97. The Morgan fingerprint density at radius 3 is 2.42 bits per heavy atom. The predicted molar refractivity (Wildman–Crippen MR) is 142 cm³/mol. The van der Waals surface area contributed by atoms with Gasteiger partial charge in [0.1, 0.15) is 5.82 Å². The first-order valence-electron chi connectivity index (χ1n) is 12.1. The molecular formula is C29H30FN3O3. The van der Waals surface area contributed by atoms with Gasteiger partial charge >= 0.3 is 5.97 Å². The Morgan fingerprint density at radius 1 is 1.14 bits per heavy atom. The van der Waals surface area contributed by atoms with Crippen molar-refractivity contribution in [1.29, 1.82) is 5.41 Å². The molecule has 0 saturated carbocycles. The van der Waals surface area contributed by atoms with E-state index < -0.39 is 5.97 Å². The second-order valence-corrected chi connectivity index (χ2v) is 8.51. The molecule has 0 radical (unpaired) electrons. The van der Waals surface area contributed by atoms with Crippen LogP contribution in [0.25, 0.3) is 27.7 Å². The van der Waals surface area contributed by atoms with Crippen LogP contribution < -0.4 is 5.73 Å². The molecular weight excluding hydrogens is 457 g/mol. The maximum Gasteiger partial charge on any atom is 0.335 e. The molecule has 0 amide bonds. The average Bonchev–Trinajstić information content (AvgIpc) is 3.24. The number of nitrogens with two attached hydrogens (primary N) is 1. The summed E-state index contributed by atoms with van der Waals surface area (Å²) in [6.45, 7) is 5.26. The summed E-state index contributed by atoms with van der Waals surface area (Å²) in [6.07, 6.45) is 3.06. The Morgan fingerprint density at radius 2 is 1.83 bits per heavy atom. The number of carboxylic acids is 1. The number of nitrogens with zero attached hydrogens (tertiary/aromatic N) is 1. The molecule has 1 aliphatic heterocycles. The molecule has 1 aliphatic rings. The highest BCUT2D eigenvalue weighted by Crippen LogP contribution is 2.44. The van der Waals surface area contributed by atoms with E-state index in [-0.39, 0.29) is 17.3 Å². The van der Waals surface area contributed by atoms with Crippen molar-refractivity contribution in [2.24, 2.45) is 0 Å². The van der Waals surface area contributed by atoms with E-state index in [1.165, 1.54) is 18.3 Å². The van der Waals surface area contributed by atoms with Gasteiger partial charge in [-0.05, 0) is 66.9 Å². The average molecular weight is 488 g/mol. The second kappa shape index (κ2) is 10.7. The van der Waals surface area contributed by atoms with E-state index in [9.17, 15) is 14.3 Å². The molecule has 1 fully saturated rings. The Kier molecular flexibility index (Phi) is 7.50. The molecule has 1 saturated heterocycles. The number of rotatable bonds is 5. The highest BCUT2D eigenvalue weighted by atomic mass is 19.1. The van der Waals surface area contributed by atoms with Gasteiger partial charge in [-0.25, -0.2) is 9.18 Å². The van der Waals surface area contributed by atoms with Crippen molar-refractivity contribution < 1.29 is 19.0 Å². The number of hydrogen-bond acceptors (Lipinski definition) is 4. The van der Waals surface area contributed by atoms with E-state index in [4.69, 9.17) is 15.9 Å². The summed E-state index contributed by atoms with van der Waals surface area (Å²) in [6, 6.07) is 16.9. The Bertz CT molecular complexity index is 1390. The lowest BCUT2D eigenvalue weighted by Crippen LogP contribution is -2.19. The molecule has 1 unspecified atom stereocenters. The molecule has 5 rings (SSSR count). The van der Waals surface area contributed by atoms with Crippen LogP contribution in [0.15, 0.2) is 60.7 Å². The third-order valence-corrected chi connectivity index (χ3v) is 6.42. The molecule has 6 nitrogen and oxygen atoms in total. The van der Waals surface area contributed by atoms with Crippen molar-refractivity contribution in [3.8, 4) is 16.8 Å². The van der Waals surface area contributed by atoms with Crippen LogP contribution in [0.2, 0.25) is 0 Å². The highest BCUT2D eigenvalue weighted by molar-refractivity contribution is 6.05. The van der Waals surface area contributed by atoms with Crippen molar-refractivity contribution in [3.63, 3.8) is 0 Å². The maximum absolute atomic E-state index is 13.8. The fraction of sp³-hybridized carbons (Fsp3) is 0.241. The van der Waals surface area contributed by atoms with Crippen molar-refractivity contribution in [2.45, 2.75) is 32.6 Å². The molecule has 1 atom stereocenters. The minimum absolute atomic E-state index is 0.0741. The monoisotopic (exact) mass is 487 g/mol. The highest BCUT2D eigenvalue weighted by Gasteiger charge is 2.28. The number of fused-ring (bicyclic) bond motifs is 1. The van der Waals surface area contributed by atoms with Gasteiger partial charge in [0.2, 0.25) is 0 Å². The summed E-state index contributed by atoms with van der Waals surface area (Å²) in [5, 5.41) is 18.0. The van der Waals surface area contributed by atoms with E-state index in [0.29, 0.717) is 24.5 Å². The molecule has 0 bridgehead atoms. The van der Waals surface area contributed by atoms with Gasteiger partial charge in [0.05, 0.1) is 17.7 Å². The summed E-state index contributed by atoms with van der Waals surface area (Å²) < 4.78 is 21.7. The molecule has 1 aromatic heterocycles. The standard InChI is InChI=1S/C27H24FN3O3.C2H6/c28-20-7-9-21(10-8-20)31-24-12-19(14-29)23(30)13-22(24)25(26(31)18-2-1-11-34-15-18)16-3-5-17(6-4-16)27(32)33;1-2/h3-10,12-14,18,29H,1-2,11,15,30H2,(H,32,33);1-2H3. The fourth-order valence-corrected chi connectivity index (χ4v) is 4.81. The summed E-state index contributed by atoms with van der Waals surface area (Å²) >= 11 is 0. The van der Waals surface area contributed by atoms with Gasteiger partial charge in [-0.2, -0.15) is 0 Å². The zero-order valence-electron chi connectivity index (χ0n) is 20.4. The number of benzene rings is 3. The van der Waals surface area contributed by atoms with E-state index in [1.807, 2.05) is 26.0 Å². The zero-order valence-corrected chi connectivity index (χ0v) is 20.4. The van der Waals surface area contributed by atoms with E-state index in [0.717, 1.165) is 46.3 Å². The van der Waals surface area contributed by atoms with Crippen molar-refractivity contribution in [2.75, 3.05) is 18.9 Å². The number of hydrogen-bond donors (Lipinski definition) is 3. The Labute approximate surface area is 209 Å². The number of nitrogens with one attached hydrogen (secondary N) is 1. The zero-order chi connectivity index (χ0) is 25.8. The van der Waals surface area contributed by atoms with E-state index in [2.05, 4.69) is 4.57 Å². The normalized spacial score (nSPS) is 15.2. The van der Waals surface area contributed by atoms with Gasteiger partial charge in [0, 0.05) is 52.3 Å². The molecule has 2 heterocycles. The first kappa shape index (κ1) is 25.1. The van der Waals surface area contributed by atoms with Crippen LogP contribution in [0.3, 0.4) is 0 Å². The number of ether oxygens (including phenoxy) is 1. The van der Waals surface area contributed by atoms with Gasteiger partial charge in [-0.15, -0.1) is 0 Å². The van der Waals surface area contributed by atoms with Crippen LogP contribution in [-0.4, -0.2) is 35.1 Å². The third kappa shape index (κ3) is 4.62. The van der Waals surface area contributed by atoms with Gasteiger partial charge < -0.3 is 25.6 Å². The number of nitrogen functional groups attached to an aromatic ring is 1. The molecule has 0 spiro atoms. The SMILES string of the molecule is CC.N=Cc1cc2c(cc1N)c(-c1ccc(C(=O)O)cc1)c(C1CCCOC1)n2-c1ccc(F)cc1. The molecule has 4 N–H and O–H groups in total. The van der Waals surface area contributed by atoms with E-state index >= 15 is 0 Å². The molecule has 186 valence electrons. The van der Waals surface area contributed by atoms with Gasteiger partial charge in [-0.3, -0.25) is 0 Å². The topological polar surface area (TPSA) is 101 Å². The lowest BCUT2D eigenvalue weighted by atomic mass is 9.91. The second-order valence-electron chi connectivity index (χ2n) is 8.51. The summed E-state index contributed by atoms with van der Waals surface area (Å²) in [4.78, 5) is 11.4. The van der Waals surface area contributed by atoms with Crippen LogP contribution >= 0.6 is 0 Å². The molecule has 4 aromatic rings. The van der Waals surface area contributed by atoms with Crippen LogP contribution in [-0.2, 0) is 4.74 Å². The predicted octanol–water partition coefficient (Wildman–Crippen LogP) is 6.63. The number of carboxylic acid groups (broad SMARTS) is 1. The minimum atomic E-state index is -0.985. The number of aromatic nitrogens is 1. The molecule has 7 heteroatoms. The summed E-state index contributed by atoms with van der Waals surface area (Å²) in [5.41, 5.74) is 12.0. The molecule has 3 aromatic carbocycles. The van der Waals surface area contributed by atoms with Crippen LogP contribution in [0.1, 0.15) is 54.2 Å². The number of anilines is 1. The number of carbonyl (C=O) groups is 1. The first-order valence-corrected chi connectivity index (χ1v) is 12.1. The van der Waals surface area contributed by atoms with Crippen molar-refractivity contribution >= 4 is 28.8 Å². The minimum Gasteiger partial charge on any atom is -0.478 e. The van der Waals surface area contributed by atoms with Crippen LogP contribution in [0, 0.1) is 11.2 Å². The van der Waals surface area contributed by atoms with Gasteiger partial charge in [0.15, 0.2) is 0 Å². The van der Waals surface area contributed by atoms with Crippen LogP contribution in [0.4, 0.5) is 10.1 Å². The van der Waals surface area contributed by atoms with Crippen LogP contribution in [0.5, 0.6) is 0 Å². The quantitative estimate of drug-likeness (QED) is 0.217. The number of halogens is 1. The van der Waals surface area contributed by atoms with Crippen molar-refractivity contribution in [1.82, 2.24) is 4.57 Å². The van der Waals surface area contributed by atoms with E-state index in [1.54, 1.807) is 36.4 Å². The van der Waals surface area contributed by atoms with Crippen molar-refractivity contribution in [3.05, 3.63) is 83.3 Å². The first-order chi connectivity index (χ1) is 17.5. The summed E-state index contributed by atoms with van der Waals surface area (Å²) in [7, 11) is 0. The Balaban J connectivity index is 0.00000148. The largest absolute Gasteiger partial charge is 0.478 e. The lowest BCUT2D eigenvalue weighted by molar-refractivity contribution is 0.0697. The summed E-state index contributed by atoms with van der Waals surface area (Å²) in [5.74, 6) is -1.23. The molecule has 0 aliphatic carbocycles. The smallest absolute Gasteiger partial charge is 0.335 e. The third-order valence-electron chi connectivity index (χ3n) is 6.42. The lowest BCUT2D eigenvalue weighted by Gasteiger charge is -2.26. The van der Waals surface area contributed by atoms with Gasteiger partial charge in [0.25, 0.3) is 0 Å². The fourth-order valence-electron chi connectivity index (χ4n) is 4.81. The number of aromatic carboxylic acids is 1. The van der Waals surface area contributed by atoms with Gasteiger partial charge in [-0.1, -0.05) is 26.0 Å². The maximum atomic E-state index is 13.8.